The van der Waals surface area contributed by atoms with Crippen LogP contribution < -0.4 is 4.87 Å². The number of nitrogens with zero attached hydrogens (tertiary/aromatic N) is 1. The van der Waals surface area contributed by atoms with Crippen molar-refractivity contribution in [3.05, 3.63) is 50.2 Å². The summed E-state index contributed by atoms with van der Waals surface area (Å²) in [6.45, 7) is 0.140. The normalized spacial score (nSPS) is 33.8. The molecule has 0 spiro atoms. The van der Waals surface area contributed by atoms with E-state index in [9.17, 15) is 23.6 Å². The van der Waals surface area contributed by atoms with Crippen molar-refractivity contribution in [2.24, 2.45) is 29.6 Å². The third-order valence-corrected chi connectivity index (χ3v) is 10.4. The number of fused-ring (bicyclic) bond motifs is 9. The van der Waals surface area contributed by atoms with Crippen LogP contribution in [0.4, 0.5) is 4.39 Å². The molecule has 3 heterocycles. The zero-order valence-electron chi connectivity index (χ0n) is 17.4. The van der Waals surface area contributed by atoms with Crippen LogP contribution in [0.2, 0.25) is 0 Å². The number of hydrogen-bond donors (Lipinski definition) is 2. The van der Waals surface area contributed by atoms with Crippen molar-refractivity contribution < 1.29 is 23.9 Å². The van der Waals surface area contributed by atoms with Gasteiger partial charge < -0.3 is 10.1 Å². The molecule has 4 aliphatic rings. The van der Waals surface area contributed by atoms with Gasteiger partial charge in [-0.05, 0) is 48.3 Å². The molecular weight excluding hydrogens is 467 g/mol. The number of aliphatic carboxylic acids is 1. The number of H-pyrrole nitrogens is 1. The van der Waals surface area contributed by atoms with Crippen LogP contribution in [0, 0.1) is 35.4 Å². The number of benzene rings is 1. The minimum atomic E-state index is -0.945. The number of carbonyl (C=O) groups is 3. The molecule has 3 fully saturated rings. The zero-order chi connectivity index (χ0) is 23.0. The molecular formula is C23H21FN2O5S2. The van der Waals surface area contributed by atoms with Crippen molar-refractivity contribution in [3.63, 3.8) is 0 Å². The number of hydrogen-bond acceptors (Lipinski definition) is 6. The van der Waals surface area contributed by atoms with Crippen molar-refractivity contribution >= 4 is 40.9 Å². The van der Waals surface area contributed by atoms with Gasteiger partial charge in [0.25, 0.3) is 0 Å². The van der Waals surface area contributed by atoms with Gasteiger partial charge in [-0.2, -0.15) is 0 Å². The highest BCUT2D eigenvalue weighted by atomic mass is 32.2. The predicted octanol–water partition coefficient (Wildman–Crippen LogP) is 2.91. The lowest BCUT2D eigenvalue weighted by atomic mass is 9.68. The van der Waals surface area contributed by atoms with Crippen LogP contribution in [0.3, 0.4) is 0 Å². The van der Waals surface area contributed by atoms with Crippen LogP contribution in [-0.4, -0.2) is 44.6 Å². The van der Waals surface area contributed by atoms with Gasteiger partial charge in [0.15, 0.2) is 0 Å². The van der Waals surface area contributed by atoms with Crippen molar-refractivity contribution in [3.8, 4) is 0 Å². The number of carboxylic acid groups (broad SMARTS) is 1. The molecule has 10 heteroatoms. The maximum absolute atomic E-state index is 13.7. The number of aromatic nitrogens is 1. The number of thiazole rings is 1. The molecule has 2 aliphatic carbocycles. The number of imide groups is 1. The lowest BCUT2D eigenvalue weighted by Gasteiger charge is -2.43. The van der Waals surface area contributed by atoms with Crippen molar-refractivity contribution in [1.29, 1.82) is 0 Å². The predicted molar refractivity (Wildman–Crippen MR) is 118 cm³/mol. The molecule has 2 aliphatic heterocycles. The second kappa shape index (κ2) is 7.53. The van der Waals surface area contributed by atoms with Gasteiger partial charge in [-0.1, -0.05) is 23.5 Å². The van der Waals surface area contributed by atoms with Crippen LogP contribution in [0.1, 0.15) is 35.6 Å². The van der Waals surface area contributed by atoms with E-state index in [0.29, 0.717) is 0 Å². The Morgan fingerprint density at radius 1 is 1.12 bits per heavy atom. The number of carboxylic acids is 1. The SMILES string of the molecule is O=C(O)CCCN1C(=O)[C@H]2[C@H]3C[C@@H]([C@@H]2C1=O)[C@H]1[C@@H](c2ccc(F)cc2)c2sc(=O)[nH]c2S[C@H]31. The van der Waals surface area contributed by atoms with Gasteiger partial charge in [0.2, 0.25) is 11.8 Å². The molecule has 0 unspecified atom stereocenters. The number of aromatic amines is 1. The highest BCUT2D eigenvalue weighted by molar-refractivity contribution is 8.00. The molecule has 1 saturated heterocycles. The number of likely N-dealkylation sites (tertiary alicyclic amines) is 1. The van der Waals surface area contributed by atoms with Crippen molar-refractivity contribution in [2.45, 2.75) is 35.5 Å². The maximum Gasteiger partial charge on any atom is 0.305 e. The largest absolute Gasteiger partial charge is 0.481 e. The Kier molecular flexibility index (Phi) is 4.81. The Hall–Kier alpha value is -2.46. The van der Waals surface area contributed by atoms with E-state index in [2.05, 4.69) is 4.98 Å². The summed E-state index contributed by atoms with van der Waals surface area (Å²) in [6, 6.07) is 6.35. The van der Waals surface area contributed by atoms with E-state index in [1.54, 1.807) is 23.9 Å². The second-order valence-corrected chi connectivity index (χ2v) is 11.5. The number of halogens is 1. The summed E-state index contributed by atoms with van der Waals surface area (Å²) in [6.07, 6.45) is 0.954. The maximum atomic E-state index is 13.7. The topological polar surface area (TPSA) is 108 Å². The van der Waals surface area contributed by atoms with Gasteiger partial charge >= 0.3 is 10.8 Å². The van der Waals surface area contributed by atoms with Crippen LogP contribution in [0.25, 0.3) is 0 Å². The summed E-state index contributed by atoms with van der Waals surface area (Å²) in [5.74, 6) is -2.44. The smallest absolute Gasteiger partial charge is 0.305 e. The highest BCUT2D eigenvalue weighted by Gasteiger charge is 2.69. The minimum Gasteiger partial charge on any atom is -0.481 e. The van der Waals surface area contributed by atoms with E-state index in [1.165, 1.54) is 28.4 Å². The van der Waals surface area contributed by atoms with E-state index in [-0.39, 0.29) is 76.7 Å². The molecule has 33 heavy (non-hydrogen) atoms. The highest BCUT2D eigenvalue weighted by Crippen LogP contribution is 2.68. The number of amides is 2. The Morgan fingerprint density at radius 3 is 2.52 bits per heavy atom. The Labute approximate surface area is 196 Å². The van der Waals surface area contributed by atoms with Crippen LogP contribution in [0.5, 0.6) is 0 Å². The van der Waals surface area contributed by atoms with E-state index >= 15 is 0 Å². The third-order valence-electron chi connectivity index (χ3n) is 7.82. The number of rotatable bonds is 5. The lowest BCUT2D eigenvalue weighted by molar-refractivity contribution is -0.142. The summed E-state index contributed by atoms with van der Waals surface area (Å²) in [5, 5.41) is 9.82. The molecule has 7 nitrogen and oxygen atoms in total. The second-order valence-electron chi connectivity index (χ2n) is 9.34. The summed E-state index contributed by atoms with van der Waals surface area (Å²) < 4.78 is 13.7. The van der Waals surface area contributed by atoms with Gasteiger partial charge in [-0.25, -0.2) is 4.39 Å². The molecule has 2 N–H and O–H groups in total. The average molecular weight is 489 g/mol. The fraction of sp³-hybridized carbons (Fsp3) is 0.478. The lowest BCUT2D eigenvalue weighted by Crippen LogP contribution is -2.42. The van der Waals surface area contributed by atoms with Crippen LogP contribution >= 0.6 is 23.1 Å². The molecule has 7 atom stereocenters. The Morgan fingerprint density at radius 2 is 1.82 bits per heavy atom. The van der Waals surface area contributed by atoms with E-state index < -0.39 is 11.9 Å². The minimum absolute atomic E-state index is 0.00108. The fourth-order valence-corrected chi connectivity index (χ4v) is 9.62. The number of nitrogens with one attached hydrogen (secondary N) is 1. The fourth-order valence-electron chi connectivity index (χ4n) is 6.73. The molecule has 0 radical (unpaired) electrons. The van der Waals surface area contributed by atoms with Gasteiger partial charge in [-0.15, -0.1) is 11.8 Å². The van der Waals surface area contributed by atoms with E-state index in [0.717, 1.165) is 21.9 Å². The van der Waals surface area contributed by atoms with E-state index in [1.807, 2.05) is 0 Å². The summed E-state index contributed by atoms with van der Waals surface area (Å²) in [7, 11) is 0. The van der Waals surface area contributed by atoms with Gasteiger partial charge in [-0.3, -0.25) is 24.1 Å². The number of carbonyl (C=O) groups excluding carboxylic acids is 2. The quantitative estimate of drug-likeness (QED) is 0.627. The van der Waals surface area contributed by atoms with Gasteiger partial charge in [0, 0.05) is 29.0 Å². The van der Waals surface area contributed by atoms with E-state index in [4.69, 9.17) is 5.11 Å². The van der Waals surface area contributed by atoms with Crippen molar-refractivity contribution in [2.75, 3.05) is 6.54 Å². The molecule has 6 rings (SSSR count). The molecule has 172 valence electrons. The van der Waals surface area contributed by atoms with Gasteiger partial charge in [0.05, 0.1) is 16.9 Å². The molecule has 2 saturated carbocycles. The molecule has 2 amide bonds. The average Bonchev–Trinajstić information content (AvgIpc) is 3.49. The first kappa shape index (κ1) is 21.1. The first-order valence-corrected chi connectivity index (χ1v) is 12.8. The van der Waals surface area contributed by atoms with Crippen LogP contribution in [-0.2, 0) is 14.4 Å². The van der Waals surface area contributed by atoms with Crippen LogP contribution in [0.15, 0.2) is 34.1 Å². The first-order valence-electron chi connectivity index (χ1n) is 11.1. The Balaban J connectivity index is 1.37. The van der Waals surface area contributed by atoms with Gasteiger partial charge in [0.1, 0.15) is 5.82 Å². The molecule has 2 aromatic rings. The molecule has 1 aromatic heterocycles. The molecule has 1 aromatic carbocycles. The van der Waals surface area contributed by atoms with Crippen molar-refractivity contribution in [1.82, 2.24) is 9.88 Å². The Bertz CT molecular complexity index is 1220. The molecule has 2 bridgehead atoms. The summed E-state index contributed by atoms with van der Waals surface area (Å²) in [5.41, 5.74) is 0.919. The monoisotopic (exact) mass is 488 g/mol. The summed E-state index contributed by atoms with van der Waals surface area (Å²) >= 11 is 2.78. The zero-order valence-corrected chi connectivity index (χ0v) is 19.0. The standard InChI is InChI=1S/C23H21FN2O5S2/c24-10-5-3-9(4-6-10)14-15-11-8-12(18(15)32-20-19(14)33-23(31)25-20)17-16(11)21(29)26(22(17)30)7-1-2-13(27)28/h3-6,11-12,14-18H,1-2,7-8H2,(H,25,31)(H,27,28)/t11-,12-,14-,15+,16+,17+,18-/m1/s1. The first-order chi connectivity index (χ1) is 15.8. The number of thioether (sulfide) groups is 1. The third kappa shape index (κ3) is 3.06. The summed E-state index contributed by atoms with van der Waals surface area (Å²) in [4.78, 5) is 54.7.